The number of aryl methyl sites for hydroxylation is 1. The lowest BCUT2D eigenvalue weighted by atomic mass is 9.96. The zero-order chi connectivity index (χ0) is 20.6. The van der Waals surface area contributed by atoms with E-state index in [9.17, 15) is 9.59 Å². The number of carboxylic acids is 2. The van der Waals surface area contributed by atoms with Gasteiger partial charge in [0, 0.05) is 12.8 Å². The first kappa shape index (κ1) is 24.0. The van der Waals surface area contributed by atoms with Gasteiger partial charge in [-0.2, -0.15) is 0 Å². The molecule has 0 heterocycles. The molecule has 0 saturated carbocycles. The highest BCUT2D eigenvalue weighted by atomic mass is 16.5. The van der Waals surface area contributed by atoms with E-state index in [1.807, 2.05) is 12.1 Å². The Morgan fingerprint density at radius 2 is 1.46 bits per heavy atom. The van der Waals surface area contributed by atoms with E-state index in [-0.39, 0.29) is 12.8 Å². The van der Waals surface area contributed by atoms with Crippen LogP contribution in [0, 0.1) is 0 Å². The molecule has 5 heteroatoms. The van der Waals surface area contributed by atoms with Crippen LogP contribution < -0.4 is 4.74 Å². The van der Waals surface area contributed by atoms with Crippen molar-refractivity contribution in [1.82, 2.24) is 0 Å². The maximum atomic E-state index is 10.8. The predicted octanol–water partition coefficient (Wildman–Crippen LogP) is 5.63. The number of carboxylic acid groups (broad SMARTS) is 2. The summed E-state index contributed by atoms with van der Waals surface area (Å²) in [7, 11) is 0. The maximum absolute atomic E-state index is 10.8. The Bertz CT molecular complexity index is 582. The summed E-state index contributed by atoms with van der Waals surface area (Å²) in [4.78, 5) is 21.5. The van der Waals surface area contributed by atoms with Crippen LogP contribution in [-0.2, 0) is 22.4 Å². The van der Waals surface area contributed by atoms with Crippen molar-refractivity contribution in [1.29, 1.82) is 0 Å². The van der Waals surface area contributed by atoms with Gasteiger partial charge in [-0.1, -0.05) is 44.7 Å². The van der Waals surface area contributed by atoms with Crippen molar-refractivity contribution in [2.75, 3.05) is 6.61 Å². The lowest BCUT2D eigenvalue weighted by molar-refractivity contribution is -0.138. The average molecular weight is 393 g/mol. The second-order valence-electron chi connectivity index (χ2n) is 7.36. The molecule has 5 nitrogen and oxygen atoms in total. The van der Waals surface area contributed by atoms with E-state index in [4.69, 9.17) is 14.9 Å². The van der Waals surface area contributed by atoms with Crippen molar-refractivity contribution < 1.29 is 24.5 Å². The average Bonchev–Trinajstić information content (AvgIpc) is 2.66. The molecule has 0 unspecified atom stereocenters. The number of hydrogen-bond donors (Lipinski definition) is 2. The molecule has 0 aromatic heterocycles. The van der Waals surface area contributed by atoms with Crippen LogP contribution in [0.1, 0.15) is 88.7 Å². The highest BCUT2D eigenvalue weighted by molar-refractivity contribution is 5.66. The molecular weight excluding hydrogens is 356 g/mol. The number of unbranched alkanes of at least 4 members (excludes halogenated alkanes) is 6. The SMILES string of the molecule is CCCCCCCOc1cccc(CCCCC(=O)O)c1CCCCC(=O)O. The molecule has 0 atom stereocenters. The van der Waals surface area contributed by atoms with Crippen LogP contribution in [0.15, 0.2) is 18.2 Å². The topological polar surface area (TPSA) is 83.8 Å². The molecule has 0 saturated heterocycles. The Balaban J connectivity index is 2.65. The monoisotopic (exact) mass is 392 g/mol. The summed E-state index contributed by atoms with van der Waals surface area (Å²) < 4.78 is 6.07. The maximum Gasteiger partial charge on any atom is 0.303 e. The fourth-order valence-electron chi connectivity index (χ4n) is 3.32. The number of rotatable bonds is 17. The van der Waals surface area contributed by atoms with Crippen molar-refractivity contribution in [3.8, 4) is 5.75 Å². The van der Waals surface area contributed by atoms with Gasteiger partial charge in [0.05, 0.1) is 6.61 Å². The molecule has 0 amide bonds. The molecular formula is C23H36O5. The van der Waals surface area contributed by atoms with Crippen LogP contribution in [0.2, 0.25) is 0 Å². The summed E-state index contributed by atoms with van der Waals surface area (Å²) in [5, 5.41) is 17.6. The van der Waals surface area contributed by atoms with Crippen LogP contribution in [0.4, 0.5) is 0 Å². The number of carbonyl (C=O) groups is 2. The third-order valence-electron chi connectivity index (χ3n) is 4.89. The van der Waals surface area contributed by atoms with E-state index in [0.717, 1.165) is 43.4 Å². The Labute approximate surface area is 169 Å². The molecule has 1 rings (SSSR count). The fraction of sp³-hybridized carbons (Fsp3) is 0.652. The molecule has 0 aliphatic rings. The van der Waals surface area contributed by atoms with E-state index in [1.165, 1.54) is 31.2 Å². The molecule has 0 spiro atoms. The van der Waals surface area contributed by atoms with E-state index in [2.05, 4.69) is 13.0 Å². The minimum Gasteiger partial charge on any atom is -0.493 e. The number of ether oxygens (including phenoxy) is 1. The van der Waals surface area contributed by atoms with Crippen molar-refractivity contribution >= 4 is 11.9 Å². The summed E-state index contributed by atoms with van der Waals surface area (Å²) in [6, 6.07) is 6.08. The highest BCUT2D eigenvalue weighted by Gasteiger charge is 2.11. The Kier molecular flexibility index (Phi) is 12.8. The lowest BCUT2D eigenvalue weighted by Crippen LogP contribution is -2.04. The smallest absolute Gasteiger partial charge is 0.303 e. The summed E-state index contributed by atoms with van der Waals surface area (Å²) in [5.74, 6) is -0.610. The molecule has 0 aliphatic carbocycles. The summed E-state index contributed by atoms with van der Waals surface area (Å²) in [5.41, 5.74) is 2.36. The van der Waals surface area contributed by atoms with Gasteiger partial charge in [-0.3, -0.25) is 9.59 Å². The third-order valence-corrected chi connectivity index (χ3v) is 4.89. The quantitative estimate of drug-likeness (QED) is 0.336. The molecule has 28 heavy (non-hydrogen) atoms. The molecule has 1 aromatic rings. The molecule has 0 aliphatic heterocycles. The van der Waals surface area contributed by atoms with Gasteiger partial charge in [0.2, 0.25) is 0 Å². The Morgan fingerprint density at radius 1 is 0.821 bits per heavy atom. The summed E-state index contributed by atoms with van der Waals surface area (Å²) in [6.45, 7) is 2.91. The van der Waals surface area contributed by atoms with E-state index >= 15 is 0 Å². The number of benzene rings is 1. The number of aliphatic carboxylic acids is 2. The third kappa shape index (κ3) is 11.0. The summed E-state index contributed by atoms with van der Waals surface area (Å²) in [6.07, 6.45) is 10.9. The first-order valence-corrected chi connectivity index (χ1v) is 10.7. The molecule has 2 N–H and O–H groups in total. The van der Waals surface area contributed by atoms with Gasteiger partial charge in [-0.05, 0) is 62.1 Å². The first-order chi connectivity index (χ1) is 13.5. The van der Waals surface area contributed by atoms with Crippen molar-refractivity contribution in [3.05, 3.63) is 29.3 Å². The van der Waals surface area contributed by atoms with Gasteiger partial charge in [-0.25, -0.2) is 0 Å². The van der Waals surface area contributed by atoms with Crippen LogP contribution in [0.25, 0.3) is 0 Å². The Hall–Kier alpha value is -2.04. The van der Waals surface area contributed by atoms with Gasteiger partial charge in [0.25, 0.3) is 0 Å². The van der Waals surface area contributed by atoms with Crippen molar-refractivity contribution in [3.63, 3.8) is 0 Å². The van der Waals surface area contributed by atoms with Crippen LogP contribution in [0.5, 0.6) is 5.75 Å². The predicted molar refractivity (Wildman–Crippen MR) is 111 cm³/mol. The molecule has 158 valence electrons. The van der Waals surface area contributed by atoms with E-state index < -0.39 is 11.9 Å². The largest absolute Gasteiger partial charge is 0.493 e. The Morgan fingerprint density at radius 3 is 2.11 bits per heavy atom. The minimum atomic E-state index is -0.759. The standard InChI is InChI=1S/C23H36O5/c1-2-3-4-5-10-18-28-21-15-11-13-19(12-6-8-16-22(24)25)20(21)14-7-9-17-23(26)27/h11,13,15H,2-10,12,14,16-18H2,1H3,(H,24,25)(H,26,27). The lowest BCUT2D eigenvalue weighted by Gasteiger charge is -2.16. The van der Waals surface area contributed by atoms with Crippen LogP contribution in [0.3, 0.4) is 0 Å². The van der Waals surface area contributed by atoms with Gasteiger partial charge in [0.15, 0.2) is 0 Å². The summed E-state index contributed by atoms with van der Waals surface area (Å²) >= 11 is 0. The molecule has 0 bridgehead atoms. The van der Waals surface area contributed by atoms with Crippen molar-refractivity contribution in [2.45, 2.75) is 90.4 Å². The normalized spacial score (nSPS) is 10.8. The van der Waals surface area contributed by atoms with Gasteiger partial charge < -0.3 is 14.9 Å². The van der Waals surface area contributed by atoms with Crippen molar-refractivity contribution in [2.24, 2.45) is 0 Å². The zero-order valence-electron chi connectivity index (χ0n) is 17.3. The van der Waals surface area contributed by atoms with Crippen LogP contribution >= 0.6 is 0 Å². The molecule has 0 radical (unpaired) electrons. The minimum absolute atomic E-state index is 0.189. The van der Waals surface area contributed by atoms with Gasteiger partial charge in [0.1, 0.15) is 5.75 Å². The van der Waals surface area contributed by atoms with Gasteiger partial charge >= 0.3 is 11.9 Å². The second kappa shape index (κ2) is 14.9. The molecule has 1 aromatic carbocycles. The highest BCUT2D eigenvalue weighted by Crippen LogP contribution is 2.27. The first-order valence-electron chi connectivity index (χ1n) is 10.7. The zero-order valence-corrected chi connectivity index (χ0v) is 17.3. The second-order valence-corrected chi connectivity index (χ2v) is 7.36. The van der Waals surface area contributed by atoms with E-state index in [1.54, 1.807) is 0 Å². The molecule has 0 fully saturated rings. The van der Waals surface area contributed by atoms with Gasteiger partial charge in [-0.15, -0.1) is 0 Å². The van der Waals surface area contributed by atoms with Crippen LogP contribution in [-0.4, -0.2) is 28.8 Å². The van der Waals surface area contributed by atoms with E-state index in [0.29, 0.717) is 19.4 Å². The number of hydrogen-bond acceptors (Lipinski definition) is 3. The fourth-order valence-corrected chi connectivity index (χ4v) is 3.32.